The van der Waals surface area contributed by atoms with Crippen LogP contribution in [0.5, 0.6) is 0 Å². The third-order valence-electron chi connectivity index (χ3n) is 3.15. The van der Waals surface area contributed by atoms with Crippen molar-refractivity contribution in [3.05, 3.63) is 36.5 Å². The van der Waals surface area contributed by atoms with Crippen molar-refractivity contribution < 1.29 is 15.0 Å². The molecule has 0 saturated heterocycles. The molecule has 3 nitrogen and oxygen atoms in total. The maximum atomic E-state index is 10.3. The van der Waals surface area contributed by atoms with Gasteiger partial charge < -0.3 is 10.2 Å². The fourth-order valence-electron chi connectivity index (χ4n) is 1.92. The topological polar surface area (TPSA) is 57.5 Å². The Morgan fingerprint density at radius 2 is 1.24 bits per heavy atom. The van der Waals surface area contributed by atoms with Gasteiger partial charge in [0, 0.05) is 13.0 Å². The average molecular weight is 294 g/mol. The zero-order chi connectivity index (χ0) is 15.6. The minimum Gasteiger partial charge on any atom is -0.481 e. The van der Waals surface area contributed by atoms with Gasteiger partial charge >= 0.3 is 5.97 Å². The van der Waals surface area contributed by atoms with Crippen molar-refractivity contribution in [1.29, 1.82) is 0 Å². The van der Waals surface area contributed by atoms with Crippen molar-refractivity contribution in [2.45, 2.75) is 64.2 Å². The molecular formula is C18H30O3. The van der Waals surface area contributed by atoms with Crippen LogP contribution in [0.25, 0.3) is 0 Å². The molecule has 0 aliphatic heterocycles. The molecule has 0 amide bonds. The van der Waals surface area contributed by atoms with Crippen LogP contribution in [-0.2, 0) is 4.79 Å². The van der Waals surface area contributed by atoms with Crippen LogP contribution in [0, 0.1) is 0 Å². The van der Waals surface area contributed by atoms with Crippen LogP contribution < -0.4 is 0 Å². The lowest BCUT2D eigenvalue weighted by molar-refractivity contribution is -0.137. The first-order chi connectivity index (χ1) is 10.3. The smallest absolute Gasteiger partial charge is 0.303 e. The summed E-state index contributed by atoms with van der Waals surface area (Å²) in [6.45, 7) is 0.284. The van der Waals surface area contributed by atoms with Crippen LogP contribution in [0.15, 0.2) is 36.5 Å². The highest BCUT2D eigenvalue weighted by Gasteiger charge is 1.95. The maximum Gasteiger partial charge on any atom is 0.303 e. The van der Waals surface area contributed by atoms with Crippen LogP contribution in [0.1, 0.15) is 64.2 Å². The number of hydrogen-bond acceptors (Lipinski definition) is 2. The van der Waals surface area contributed by atoms with Crippen LogP contribution in [0.2, 0.25) is 0 Å². The summed E-state index contributed by atoms with van der Waals surface area (Å²) in [4.78, 5) is 10.3. The summed E-state index contributed by atoms with van der Waals surface area (Å²) < 4.78 is 0. The Labute approximate surface area is 129 Å². The molecule has 0 aliphatic carbocycles. The third kappa shape index (κ3) is 18.6. The van der Waals surface area contributed by atoms with Gasteiger partial charge in [0.2, 0.25) is 0 Å². The number of aliphatic hydroxyl groups excluding tert-OH is 1. The van der Waals surface area contributed by atoms with Crippen LogP contribution in [-0.4, -0.2) is 22.8 Å². The number of rotatable bonds is 14. The molecular weight excluding hydrogens is 264 g/mol. The zero-order valence-electron chi connectivity index (χ0n) is 13.0. The van der Waals surface area contributed by atoms with Gasteiger partial charge in [-0.2, -0.15) is 0 Å². The van der Waals surface area contributed by atoms with Crippen LogP contribution in [0.4, 0.5) is 0 Å². The van der Waals surface area contributed by atoms with Gasteiger partial charge in [0.15, 0.2) is 0 Å². The van der Waals surface area contributed by atoms with Crippen molar-refractivity contribution in [2.75, 3.05) is 6.61 Å². The molecule has 120 valence electrons. The molecule has 0 unspecified atom stereocenters. The van der Waals surface area contributed by atoms with Gasteiger partial charge in [0.05, 0.1) is 0 Å². The number of unbranched alkanes of at least 4 members (excludes halogenated alkanes) is 7. The quantitative estimate of drug-likeness (QED) is 0.362. The number of aliphatic carboxylic acids is 1. The Bertz CT molecular complexity index is 316. The second-order valence-electron chi connectivity index (χ2n) is 5.16. The standard InChI is InChI=1S/C18H30O3/c19-17-15-13-11-9-7-5-3-1-2-4-6-8-10-12-14-16-18(20)21/h1-3,5,7,9,19H,4,6,8,10-17H2,(H,20,21)/b2-1+,5-3+,9-7+. The number of allylic oxidation sites excluding steroid dienone is 6. The van der Waals surface area contributed by atoms with Crippen molar-refractivity contribution in [3.63, 3.8) is 0 Å². The maximum absolute atomic E-state index is 10.3. The Kier molecular flexibility index (Phi) is 15.6. The van der Waals surface area contributed by atoms with Crippen molar-refractivity contribution in [3.8, 4) is 0 Å². The molecule has 21 heavy (non-hydrogen) atoms. The van der Waals surface area contributed by atoms with E-state index >= 15 is 0 Å². The van der Waals surface area contributed by atoms with Gasteiger partial charge in [-0.3, -0.25) is 4.79 Å². The molecule has 0 spiro atoms. The number of carbonyl (C=O) groups is 1. The van der Waals surface area contributed by atoms with Gasteiger partial charge in [-0.15, -0.1) is 0 Å². The highest BCUT2D eigenvalue weighted by molar-refractivity contribution is 5.66. The molecule has 0 bridgehead atoms. The van der Waals surface area contributed by atoms with Gasteiger partial charge in [-0.25, -0.2) is 0 Å². The lowest BCUT2D eigenvalue weighted by Crippen LogP contribution is -1.93. The molecule has 0 saturated carbocycles. The summed E-state index contributed by atoms with van der Waals surface area (Å²) in [5, 5.41) is 17.1. The van der Waals surface area contributed by atoms with E-state index in [-0.39, 0.29) is 6.61 Å². The van der Waals surface area contributed by atoms with E-state index < -0.39 is 5.97 Å². The predicted molar refractivity (Wildman–Crippen MR) is 88.3 cm³/mol. The normalized spacial score (nSPS) is 12.0. The largest absolute Gasteiger partial charge is 0.481 e. The second-order valence-corrected chi connectivity index (χ2v) is 5.16. The predicted octanol–water partition coefficient (Wildman–Crippen LogP) is 4.63. The lowest BCUT2D eigenvalue weighted by Gasteiger charge is -1.97. The number of hydrogen-bond donors (Lipinski definition) is 2. The Morgan fingerprint density at radius 1 is 0.714 bits per heavy atom. The molecule has 0 aromatic carbocycles. The van der Waals surface area contributed by atoms with E-state index in [1.165, 1.54) is 12.8 Å². The molecule has 3 heteroatoms. The average Bonchev–Trinajstić information content (AvgIpc) is 2.46. The highest BCUT2D eigenvalue weighted by atomic mass is 16.4. The Hall–Kier alpha value is -1.35. The summed E-state index contributed by atoms with van der Waals surface area (Å²) in [5.41, 5.74) is 0. The minimum absolute atomic E-state index is 0.284. The van der Waals surface area contributed by atoms with Crippen LogP contribution in [0.3, 0.4) is 0 Å². The first-order valence-corrected chi connectivity index (χ1v) is 8.08. The van der Waals surface area contributed by atoms with Gasteiger partial charge in [0.25, 0.3) is 0 Å². The zero-order valence-corrected chi connectivity index (χ0v) is 13.0. The molecule has 0 rings (SSSR count). The van der Waals surface area contributed by atoms with E-state index in [0.717, 1.165) is 44.9 Å². The molecule has 0 heterocycles. The summed E-state index contributed by atoms with van der Waals surface area (Å²) in [5.74, 6) is -0.688. The van der Waals surface area contributed by atoms with Gasteiger partial charge in [-0.05, 0) is 38.5 Å². The van der Waals surface area contributed by atoms with Crippen molar-refractivity contribution in [1.82, 2.24) is 0 Å². The highest BCUT2D eigenvalue weighted by Crippen LogP contribution is 2.07. The summed E-state index contributed by atoms with van der Waals surface area (Å²) in [6, 6.07) is 0. The van der Waals surface area contributed by atoms with E-state index in [2.05, 4.69) is 18.2 Å². The fraction of sp³-hybridized carbons (Fsp3) is 0.611. The molecule has 0 fully saturated rings. The molecule has 0 aromatic heterocycles. The Balaban J connectivity index is 3.30. The van der Waals surface area contributed by atoms with E-state index in [1.807, 2.05) is 18.2 Å². The molecule has 0 aliphatic rings. The van der Waals surface area contributed by atoms with Gasteiger partial charge in [-0.1, -0.05) is 55.7 Å². The second kappa shape index (κ2) is 16.7. The molecule has 0 radical (unpaired) electrons. The summed E-state index contributed by atoms with van der Waals surface area (Å²) >= 11 is 0. The van der Waals surface area contributed by atoms with Gasteiger partial charge in [0.1, 0.15) is 0 Å². The number of carboxylic acids is 1. The lowest BCUT2D eigenvalue weighted by atomic mass is 10.1. The number of carboxylic acid groups (broad SMARTS) is 1. The van der Waals surface area contributed by atoms with Crippen molar-refractivity contribution >= 4 is 5.97 Å². The van der Waals surface area contributed by atoms with E-state index in [9.17, 15) is 4.79 Å². The first-order valence-electron chi connectivity index (χ1n) is 8.08. The molecule has 2 N–H and O–H groups in total. The van der Waals surface area contributed by atoms with Crippen molar-refractivity contribution in [2.24, 2.45) is 0 Å². The number of aliphatic hydroxyl groups is 1. The van der Waals surface area contributed by atoms with E-state index in [1.54, 1.807) is 0 Å². The molecule has 0 atom stereocenters. The fourth-order valence-corrected chi connectivity index (χ4v) is 1.92. The van der Waals surface area contributed by atoms with E-state index in [0.29, 0.717) is 6.42 Å². The first kappa shape index (κ1) is 19.7. The van der Waals surface area contributed by atoms with Crippen LogP contribution >= 0.6 is 0 Å². The molecule has 0 aromatic rings. The third-order valence-corrected chi connectivity index (χ3v) is 3.15. The summed E-state index contributed by atoms with van der Waals surface area (Å²) in [6.07, 6.45) is 22.1. The van der Waals surface area contributed by atoms with E-state index in [4.69, 9.17) is 10.2 Å². The summed E-state index contributed by atoms with van der Waals surface area (Å²) in [7, 11) is 0. The SMILES string of the molecule is O=C(O)CCCCCCC/C=C/C=C/C=C/CCCCO. The Morgan fingerprint density at radius 3 is 1.81 bits per heavy atom. The monoisotopic (exact) mass is 294 g/mol. The minimum atomic E-state index is -0.688.